The van der Waals surface area contributed by atoms with Crippen LogP contribution in [0.15, 0.2) is 23.1 Å². The molecule has 0 amide bonds. The Bertz CT molecular complexity index is 873. The van der Waals surface area contributed by atoms with Gasteiger partial charge in [0.2, 0.25) is 10.0 Å². The van der Waals surface area contributed by atoms with E-state index in [0.29, 0.717) is 12.8 Å². The lowest BCUT2D eigenvalue weighted by Gasteiger charge is -2.43. The lowest BCUT2D eigenvalue weighted by molar-refractivity contribution is -0.171. The highest BCUT2D eigenvalue weighted by molar-refractivity contribution is 7.89. The zero-order valence-electron chi connectivity index (χ0n) is 19.6. The third kappa shape index (κ3) is 6.20. The Morgan fingerprint density at radius 3 is 2.55 bits per heavy atom. The molecule has 1 aliphatic rings. The summed E-state index contributed by atoms with van der Waals surface area (Å²) in [6.07, 6.45) is 4.79. The smallest absolute Gasteiger partial charge is 0.327 e. The maximum Gasteiger partial charge on any atom is 0.327 e. The van der Waals surface area contributed by atoms with Gasteiger partial charge in [0.25, 0.3) is 0 Å². The van der Waals surface area contributed by atoms with Crippen molar-refractivity contribution in [2.24, 2.45) is 0 Å². The summed E-state index contributed by atoms with van der Waals surface area (Å²) in [7, 11) is -2.69. The van der Waals surface area contributed by atoms with E-state index in [1.165, 1.54) is 20.1 Å². The van der Waals surface area contributed by atoms with Gasteiger partial charge in [-0.2, -0.15) is 4.31 Å². The predicted octanol–water partition coefficient (Wildman–Crippen LogP) is 3.67. The highest BCUT2D eigenvalue weighted by Gasteiger charge is 2.51. The molecule has 8 heteroatoms. The van der Waals surface area contributed by atoms with Crippen molar-refractivity contribution in [1.29, 1.82) is 0 Å². The maximum atomic E-state index is 13.6. The maximum absolute atomic E-state index is 13.6. The third-order valence-corrected chi connectivity index (χ3v) is 7.36. The van der Waals surface area contributed by atoms with Crippen LogP contribution in [-0.2, 0) is 26.0 Å². The van der Waals surface area contributed by atoms with E-state index in [4.69, 9.17) is 9.47 Å². The number of aliphatic hydroxyl groups is 1. The van der Waals surface area contributed by atoms with Gasteiger partial charge < -0.3 is 14.6 Å². The van der Waals surface area contributed by atoms with Crippen LogP contribution in [0.4, 0.5) is 0 Å². The van der Waals surface area contributed by atoms with Gasteiger partial charge in [-0.05, 0) is 71.1 Å². The van der Waals surface area contributed by atoms with Crippen LogP contribution in [0.5, 0.6) is 5.75 Å². The topological polar surface area (TPSA) is 93.1 Å². The van der Waals surface area contributed by atoms with Gasteiger partial charge in [-0.25, -0.2) is 8.42 Å². The highest BCUT2D eigenvalue weighted by atomic mass is 32.2. The van der Waals surface area contributed by atoms with Crippen LogP contribution in [0.1, 0.15) is 72.3 Å². The van der Waals surface area contributed by atoms with Crippen molar-refractivity contribution in [1.82, 2.24) is 4.31 Å². The van der Waals surface area contributed by atoms with E-state index in [9.17, 15) is 18.3 Å². The van der Waals surface area contributed by atoms with Gasteiger partial charge in [0.1, 0.15) is 16.2 Å². The average molecular weight is 456 g/mol. The van der Waals surface area contributed by atoms with Crippen molar-refractivity contribution >= 4 is 16.0 Å². The molecule has 1 heterocycles. The van der Waals surface area contributed by atoms with Crippen LogP contribution < -0.4 is 4.74 Å². The fourth-order valence-electron chi connectivity index (χ4n) is 3.94. The normalized spacial score (nSPS) is 22.9. The molecule has 0 aliphatic carbocycles. The summed E-state index contributed by atoms with van der Waals surface area (Å²) >= 11 is 0. The van der Waals surface area contributed by atoms with E-state index in [1.807, 2.05) is 0 Å². The minimum atomic E-state index is -4.12. The van der Waals surface area contributed by atoms with Crippen molar-refractivity contribution in [2.75, 3.05) is 13.7 Å². The first-order valence-corrected chi connectivity index (χ1v) is 12.4. The van der Waals surface area contributed by atoms with Gasteiger partial charge in [-0.3, -0.25) is 4.79 Å². The predicted molar refractivity (Wildman–Crippen MR) is 120 cm³/mol. The minimum absolute atomic E-state index is 0.0134. The average Bonchev–Trinajstić information content (AvgIpc) is 2.65. The first-order valence-electron chi connectivity index (χ1n) is 11.0. The largest absolute Gasteiger partial charge is 0.495 e. The summed E-state index contributed by atoms with van der Waals surface area (Å²) in [4.78, 5) is 12.9. The standard InChI is InChI=1S/C23H37NO6S/c1-7-8-9-11-17-12-13-19(18(16-17)29-6)31(27,28)24-15-10-14-23(5,26)20(24)21(25)30-22(2,3)4/h12-13,16,20,26H,7-11,14-15H2,1-6H3. The number of sulfonamides is 1. The number of carbonyl (C=O) groups excluding carboxylic acids is 1. The van der Waals surface area contributed by atoms with Gasteiger partial charge in [-0.1, -0.05) is 25.8 Å². The van der Waals surface area contributed by atoms with Crippen molar-refractivity contribution in [2.45, 2.75) is 95.3 Å². The number of ether oxygens (including phenoxy) is 2. The van der Waals surface area contributed by atoms with Crippen LogP contribution >= 0.6 is 0 Å². The van der Waals surface area contributed by atoms with Crippen molar-refractivity contribution in [3.8, 4) is 5.75 Å². The van der Waals surface area contributed by atoms with Gasteiger partial charge in [-0.15, -0.1) is 0 Å². The Kier molecular flexibility index (Phi) is 8.16. The fraction of sp³-hybridized carbons (Fsp3) is 0.696. The molecular formula is C23H37NO6S. The second kappa shape index (κ2) is 9.88. The van der Waals surface area contributed by atoms with Crippen LogP contribution in [0.25, 0.3) is 0 Å². The molecule has 0 bridgehead atoms. The number of esters is 1. The van der Waals surface area contributed by atoms with E-state index in [2.05, 4.69) is 6.92 Å². The molecule has 2 atom stereocenters. The number of nitrogens with zero attached hydrogens (tertiary/aromatic N) is 1. The number of piperidine rings is 1. The monoisotopic (exact) mass is 455 g/mol. The zero-order chi connectivity index (χ0) is 23.4. The van der Waals surface area contributed by atoms with E-state index in [0.717, 1.165) is 35.6 Å². The molecule has 2 rings (SSSR count). The lowest BCUT2D eigenvalue weighted by Crippen LogP contribution is -2.61. The van der Waals surface area contributed by atoms with E-state index in [1.54, 1.807) is 32.9 Å². The van der Waals surface area contributed by atoms with Crippen molar-refractivity contribution in [3.05, 3.63) is 23.8 Å². The second-order valence-corrected chi connectivity index (χ2v) is 11.3. The summed E-state index contributed by atoms with van der Waals surface area (Å²) < 4.78 is 39.2. The fourth-order valence-corrected chi connectivity index (χ4v) is 5.79. The molecule has 7 nitrogen and oxygen atoms in total. The van der Waals surface area contributed by atoms with Crippen molar-refractivity contribution < 1.29 is 27.8 Å². The number of carbonyl (C=O) groups is 1. The molecule has 2 unspecified atom stereocenters. The molecule has 1 aliphatic heterocycles. The molecule has 1 saturated heterocycles. The Morgan fingerprint density at radius 1 is 1.29 bits per heavy atom. The molecule has 1 fully saturated rings. The van der Waals surface area contributed by atoms with Gasteiger partial charge in [0, 0.05) is 6.54 Å². The molecule has 1 aromatic rings. The Hall–Kier alpha value is -1.64. The van der Waals surface area contributed by atoms with Crippen LogP contribution in [0, 0.1) is 0 Å². The SMILES string of the molecule is CCCCCc1ccc(S(=O)(=O)N2CCCC(C)(O)C2C(=O)OC(C)(C)C)c(OC)c1. The number of benzene rings is 1. The highest BCUT2D eigenvalue weighted by Crippen LogP contribution is 2.36. The summed E-state index contributed by atoms with van der Waals surface area (Å²) in [6.45, 7) is 8.86. The van der Waals surface area contributed by atoms with E-state index < -0.39 is 33.2 Å². The van der Waals surface area contributed by atoms with Gasteiger partial charge in [0.15, 0.2) is 6.04 Å². The second-order valence-electron chi connectivity index (χ2n) is 9.45. The Balaban J connectivity index is 2.44. The molecule has 0 radical (unpaired) electrons. The molecule has 1 N–H and O–H groups in total. The summed E-state index contributed by atoms with van der Waals surface area (Å²) in [5.41, 5.74) is -1.35. The van der Waals surface area contributed by atoms with Crippen LogP contribution in [0.2, 0.25) is 0 Å². The zero-order valence-corrected chi connectivity index (χ0v) is 20.4. The summed E-state index contributed by atoms with van der Waals surface area (Å²) in [5.74, 6) is -0.516. The third-order valence-electron chi connectivity index (χ3n) is 5.45. The first kappa shape index (κ1) is 25.6. The minimum Gasteiger partial charge on any atom is -0.495 e. The van der Waals surface area contributed by atoms with Crippen LogP contribution in [-0.4, -0.2) is 54.7 Å². The number of hydrogen-bond donors (Lipinski definition) is 1. The number of unbranched alkanes of at least 4 members (excludes halogenated alkanes) is 2. The van der Waals surface area contributed by atoms with Gasteiger partial charge >= 0.3 is 5.97 Å². The van der Waals surface area contributed by atoms with E-state index >= 15 is 0 Å². The quantitative estimate of drug-likeness (QED) is 0.475. The Morgan fingerprint density at radius 2 is 1.97 bits per heavy atom. The molecular weight excluding hydrogens is 418 g/mol. The Labute approximate surface area is 186 Å². The molecule has 0 aromatic heterocycles. The van der Waals surface area contributed by atoms with Crippen LogP contribution in [0.3, 0.4) is 0 Å². The molecule has 1 aromatic carbocycles. The molecule has 0 saturated carbocycles. The molecule has 0 spiro atoms. The molecule has 31 heavy (non-hydrogen) atoms. The summed E-state index contributed by atoms with van der Waals surface area (Å²) in [5, 5.41) is 10.9. The summed E-state index contributed by atoms with van der Waals surface area (Å²) in [6, 6.07) is 3.73. The first-order chi connectivity index (χ1) is 14.3. The van der Waals surface area contributed by atoms with Gasteiger partial charge in [0.05, 0.1) is 12.7 Å². The lowest BCUT2D eigenvalue weighted by atomic mass is 9.87. The number of aryl methyl sites for hydroxylation is 1. The van der Waals surface area contributed by atoms with E-state index in [-0.39, 0.29) is 17.2 Å². The number of rotatable bonds is 8. The number of hydrogen-bond acceptors (Lipinski definition) is 6. The molecule has 176 valence electrons. The number of methoxy groups -OCH3 is 1. The van der Waals surface area contributed by atoms with Crippen molar-refractivity contribution in [3.63, 3.8) is 0 Å².